The second kappa shape index (κ2) is 9.21. The van der Waals surface area contributed by atoms with Crippen molar-refractivity contribution < 1.29 is 14.0 Å². The van der Waals surface area contributed by atoms with Crippen LogP contribution in [0.5, 0.6) is 0 Å². The van der Waals surface area contributed by atoms with E-state index < -0.39 is 13.9 Å². The molecule has 0 amide bonds. The van der Waals surface area contributed by atoms with Crippen molar-refractivity contribution in [3.63, 3.8) is 0 Å². The standard InChI is InChI=1S/C17H32O3Si/c1-8-12-15(20-21(9-2,10-3)11-4)13-14-16(18)19-17(5,6)7/h8,13-15H,1,9-12H2,2-7H3/b14-13+/t15-/m1/s1. The van der Waals surface area contributed by atoms with Crippen molar-refractivity contribution in [1.29, 1.82) is 0 Å². The predicted octanol–water partition coefficient (Wildman–Crippen LogP) is 4.85. The van der Waals surface area contributed by atoms with Crippen molar-refractivity contribution in [3.8, 4) is 0 Å². The first-order chi connectivity index (χ1) is 9.71. The van der Waals surface area contributed by atoms with Gasteiger partial charge in [-0.2, -0.15) is 0 Å². The third kappa shape index (κ3) is 8.22. The molecule has 0 bridgehead atoms. The number of ether oxygens (including phenoxy) is 1. The van der Waals surface area contributed by atoms with Crippen molar-refractivity contribution >= 4 is 14.3 Å². The third-order valence-corrected chi connectivity index (χ3v) is 8.26. The van der Waals surface area contributed by atoms with Gasteiger partial charge in [-0.05, 0) is 51.4 Å². The van der Waals surface area contributed by atoms with E-state index in [2.05, 4.69) is 27.4 Å². The molecule has 122 valence electrons. The minimum atomic E-state index is -1.69. The summed E-state index contributed by atoms with van der Waals surface area (Å²) in [5, 5.41) is 0. The van der Waals surface area contributed by atoms with Gasteiger partial charge in [0.25, 0.3) is 0 Å². The lowest BCUT2D eigenvalue weighted by Gasteiger charge is -2.31. The highest BCUT2D eigenvalue weighted by atomic mass is 28.4. The molecule has 4 heteroatoms. The lowest BCUT2D eigenvalue weighted by molar-refractivity contribution is -0.148. The lowest BCUT2D eigenvalue weighted by Crippen LogP contribution is -2.39. The van der Waals surface area contributed by atoms with E-state index >= 15 is 0 Å². The third-order valence-electron chi connectivity index (χ3n) is 3.59. The molecule has 0 saturated carbocycles. The molecule has 0 aromatic rings. The van der Waals surface area contributed by atoms with E-state index in [1.165, 1.54) is 6.08 Å². The predicted molar refractivity (Wildman–Crippen MR) is 91.9 cm³/mol. The Morgan fingerprint density at radius 2 is 1.71 bits per heavy atom. The van der Waals surface area contributed by atoms with E-state index in [9.17, 15) is 4.79 Å². The molecule has 0 spiro atoms. The average Bonchev–Trinajstić information content (AvgIpc) is 2.40. The van der Waals surface area contributed by atoms with Gasteiger partial charge in [-0.1, -0.05) is 26.8 Å². The monoisotopic (exact) mass is 312 g/mol. The summed E-state index contributed by atoms with van der Waals surface area (Å²) in [5.74, 6) is -0.322. The molecule has 1 atom stereocenters. The van der Waals surface area contributed by atoms with Gasteiger partial charge in [-0.15, -0.1) is 6.58 Å². The Kier molecular flexibility index (Phi) is 8.82. The van der Waals surface area contributed by atoms with Crippen LogP contribution in [0.25, 0.3) is 0 Å². The Morgan fingerprint density at radius 1 is 1.19 bits per heavy atom. The van der Waals surface area contributed by atoms with Gasteiger partial charge in [0.1, 0.15) is 5.60 Å². The minimum absolute atomic E-state index is 0.0819. The zero-order chi connectivity index (χ0) is 16.5. The van der Waals surface area contributed by atoms with Crippen LogP contribution < -0.4 is 0 Å². The fourth-order valence-corrected chi connectivity index (χ4v) is 4.99. The average molecular weight is 313 g/mol. The highest BCUT2D eigenvalue weighted by Gasteiger charge is 2.31. The summed E-state index contributed by atoms with van der Waals surface area (Å²) in [6.45, 7) is 16.0. The molecule has 0 radical (unpaired) electrons. The molecule has 0 aliphatic heterocycles. The summed E-state index contributed by atoms with van der Waals surface area (Å²) < 4.78 is 11.7. The van der Waals surface area contributed by atoms with Crippen LogP contribution in [0, 0.1) is 0 Å². The lowest BCUT2D eigenvalue weighted by atomic mass is 10.2. The van der Waals surface area contributed by atoms with E-state index in [0.29, 0.717) is 6.42 Å². The first kappa shape index (κ1) is 20.1. The van der Waals surface area contributed by atoms with E-state index in [1.54, 1.807) is 0 Å². The maximum absolute atomic E-state index is 11.8. The largest absolute Gasteiger partial charge is 0.457 e. The number of carbonyl (C=O) groups excluding carboxylic acids is 1. The maximum Gasteiger partial charge on any atom is 0.331 e. The summed E-state index contributed by atoms with van der Waals surface area (Å²) in [4.78, 5) is 11.8. The van der Waals surface area contributed by atoms with E-state index in [1.807, 2.05) is 32.9 Å². The van der Waals surface area contributed by atoms with Gasteiger partial charge in [-0.3, -0.25) is 0 Å². The first-order valence-corrected chi connectivity index (χ1v) is 10.4. The minimum Gasteiger partial charge on any atom is -0.457 e. The first-order valence-electron chi connectivity index (χ1n) is 7.91. The zero-order valence-corrected chi connectivity index (χ0v) is 15.6. The molecular formula is C17H32O3Si. The second-order valence-corrected chi connectivity index (χ2v) is 11.0. The van der Waals surface area contributed by atoms with Gasteiger partial charge in [0.15, 0.2) is 8.32 Å². The number of carbonyl (C=O) groups is 1. The normalized spacial score (nSPS) is 14.2. The zero-order valence-electron chi connectivity index (χ0n) is 14.6. The van der Waals surface area contributed by atoms with E-state index in [0.717, 1.165) is 18.1 Å². The Bertz CT molecular complexity index is 343. The van der Waals surface area contributed by atoms with Crippen LogP contribution >= 0.6 is 0 Å². The number of esters is 1. The highest BCUT2D eigenvalue weighted by Crippen LogP contribution is 2.25. The van der Waals surface area contributed by atoms with Crippen molar-refractivity contribution in [2.75, 3.05) is 0 Å². The van der Waals surface area contributed by atoms with E-state index in [4.69, 9.17) is 9.16 Å². The van der Waals surface area contributed by atoms with Crippen LogP contribution in [-0.4, -0.2) is 26.0 Å². The van der Waals surface area contributed by atoms with Gasteiger partial charge in [-0.25, -0.2) is 4.79 Å². The van der Waals surface area contributed by atoms with Gasteiger partial charge in [0, 0.05) is 6.08 Å². The molecule has 0 rings (SSSR count). The molecule has 0 heterocycles. The summed E-state index contributed by atoms with van der Waals surface area (Å²) in [5.41, 5.74) is -0.467. The SMILES string of the molecule is C=CC[C@H](/C=C/C(=O)OC(C)(C)C)O[Si](CC)(CC)CC. The van der Waals surface area contributed by atoms with Crippen LogP contribution in [-0.2, 0) is 14.0 Å². The fraction of sp³-hybridized carbons (Fsp3) is 0.706. The highest BCUT2D eigenvalue weighted by molar-refractivity contribution is 6.73. The Hall–Kier alpha value is -0.873. The fourth-order valence-electron chi connectivity index (χ4n) is 2.17. The molecule has 0 saturated heterocycles. The van der Waals surface area contributed by atoms with Crippen LogP contribution in [0.1, 0.15) is 48.0 Å². The smallest absolute Gasteiger partial charge is 0.331 e. The maximum atomic E-state index is 11.8. The van der Waals surface area contributed by atoms with Gasteiger partial charge in [0.2, 0.25) is 0 Å². The summed E-state index contributed by atoms with van der Waals surface area (Å²) >= 11 is 0. The molecule has 0 fully saturated rings. The van der Waals surface area contributed by atoms with Gasteiger partial charge in [0.05, 0.1) is 6.10 Å². The molecule has 0 aromatic carbocycles. The van der Waals surface area contributed by atoms with Crippen molar-refractivity contribution in [2.45, 2.75) is 77.8 Å². The van der Waals surface area contributed by atoms with Crippen LogP contribution in [0.4, 0.5) is 0 Å². The van der Waals surface area contributed by atoms with Crippen LogP contribution in [0.3, 0.4) is 0 Å². The molecule has 0 aliphatic rings. The molecule has 3 nitrogen and oxygen atoms in total. The summed E-state index contributed by atoms with van der Waals surface area (Å²) in [6.07, 6.45) is 5.78. The summed E-state index contributed by atoms with van der Waals surface area (Å²) in [6, 6.07) is 3.27. The summed E-state index contributed by atoms with van der Waals surface area (Å²) in [7, 11) is -1.69. The van der Waals surface area contributed by atoms with Gasteiger partial charge >= 0.3 is 5.97 Å². The molecule has 0 N–H and O–H groups in total. The van der Waals surface area contributed by atoms with E-state index in [-0.39, 0.29) is 12.1 Å². The van der Waals surface area contributed by atoms with Crippen LogP contribution in [0.15, 0.2) is 24.8 Å². The quantitative estimate of drug-likeness (QED) is 0.264. The van der Waals surface area contributed by atoms with Crippen LogP contribution in [0.2, 0.25) is 18.1 Å². The topological polar surface area (TPSA) is 35.5 Å². The van der Waals surface area contributed by atoms with Gasteiger partial charge < -0.3 is 9.16 Å². The number of hydrogen-bond acceptors (Lipinski definition) is 3. The van der Waals surface area contributed by atoms with Crippen molar-refractivity contribution in [3.05, 3.63) is 24.8 Å². The number of rotatable bonds is 9. The second-order valence-electron chi connectivity index (χ2n) is 6.32. The van der Waals surface area contributed by atoms with Crippen molar-refractivity contribution in [1.82, 2.24) is 0 Å². The molecular weight excluding hydrogens is 280 g/mol. The Morgan fingerprint density at radius 3 is 2.10 bits per heavy atom. The Balaban J connectivity index is 4.83. The molecule has 0 unspecified atom stereocenters. The Labute approximate surface area is 131 Å². The molecule has 0 aromatic heterocycles. The molecule has 21 heavy (non-hydrogen) atoms. The van der Waals surface area contributed by atoms with Crippen molar-refractivity contribution in [2.24, 2.45) is 0 Å². The number of hydrogen-bond donors (Lipinski definition) is 0. The molecule has 0 aliphatic carbocycles.